The zero-order chi connectivity index (χ0) is 11.8. The zero-order valence-electron chi connectivity index (χ0n) is 11.0. The monoisotopic (exact) mass is 219 g/mol. The highest BCUT2D eigenvalue weighted by Gasteiger charge is 1.97. The summed E-state index contributed by atoms with van der Waals surface area (Å²) in [6.07, 6.45) is 5.34. The molecule has 0 saturated heterocycles. The first-order valence-corrected chi connectivity index (χ1v) is 6.51. The van der Waals surface area contributed by atoms with Crippen LogP contribution in [0, 0.1) is 13.8 Å². The summed E-state index contributed by atoms with van der Waals surface area (Å²) in [6.45, 7) is 8.76. The quantitative estimate of drug-likeness (QED) is 0.684. The predicted molar refractivity (Wildman–Crippen MR) is 71.8 cm³/mol. The van der Waals surface area contributed by atoms with Gasteiger partial charge < -0.3 is 5.32 Å². The van der Waals surface area contributed by atoms with Crippen LogP contribution in [-0.2, 0) is 6.54 Å². The summed E-state index contributed by atoms with van der Waals surface area (Å²) in [5.74, 6) is 0. The lowest BCUT2D eigenvalue weighted by Crippen LogP contribution is -2.15. The van der Waals surface area contributed by atoms with Crippen molar-refractivity contribution in [2.45, 2.75) is 53.0 Å². The molecule has 0 fully saturated rings. The highest BCUT2D eigenvalue weighted by molar-refractivity contribution is 5.30. The number of unbranched alkanes of at least 4 members (excludes halogenated alkanes) is 3. The van der Waals surface area contributed by atoms with Crippen molar-refractivity contribution < 1.29 is 0 Å². The van der Waals surface area contributed by atoms with Crippen LogP contribution in [0.3, 0.4) is 0 Å². The van der Waals surface area contributed by atoms with Crippen LogP contribution >= 0.6 is 0 Å². The molecule has 0 unspecified atom stereocenters. The second-order valence-electron chi connectivity index (χ2n) is 4.67. The Balaban J connectivity index is 2.23. The molecule has 0 heterocycles. The average Bonchev–Trinajstić information content (AvgIpc) is 2.28. The van der Waals surface area contributed by atoms with Crippen LogP contribution < -0.4 is 5.32 Å². The molecule has 0 amide bonds. The van der Waals surface area contributed by atoms with Crippen LogP contribution in [0.25, 0.3) is 0 Å². The molecule has 1 rings (SSSR count). The number of nitrogens with one attached hydrogen (secondary N) is 1. The molecule has 1 aromatic rings. The molecule has 0 bridgehead atoms. The molecule has 0 aromatic heterocycles. The van der Waals surface area contributed by atoms with Crippen molar-refractivity contribution in [3.05, 3.63) is 34.9 Å². The van der Waals surface area contributed by atoms with Crippen molar-refractivity contribution in [2.24, 2.45) is 0 Å². The zero-order valence-corrected chi connectivity index (χ0v) is 11.0. The predicted octanol–water partition coefficient (Wildman–Crippen LogP) is 3.97. The van der Waals surface area contributed by atoms with Gasteiger partial charge in [0.2, 0.25) is 0 Å². The maximum atomic E-state index is 3.53. The van der Waals surface area contributed by atoms with Gasteiger partial charge in [-0.1, -0.05) is 49.9 Å². The number of hydrogen-bond acceptors (Lipinski definition) is 1. The van der Waals surface area contributed by atoms with Crippen molar-refractivity contribution in [1.82, 2.24) is 5.32 Å². The van der Waals surface area contributed by atoms with Crippen molar-refractivity contribution in [1.29, 1.82) is 0 Å². The van der Waals surface area contributed by atoms with E-state index in [0.717, 1.165) is 13.1 Å². The third-order valence-electron chi connectivity index (χ3n) is 3.03. The van der Waals surface area contributed by atoms with Crippen molar-refractivity contribution in [3.63, 3.8) is 0 Å². The van der Waals surface area contributed by atoms with Crippen LogP contribution in [0.4, 0.5) is 0 Å². The number of rotatable bonds is 7. The van der Waals surface area contributed by atoms with E-state index in [1.165, 1.54) is 42.4 Å². The van der Waals surface area contributed by atoms with Gasteiger partial charge in [0.1, 0.15) is 0 Å². The van der Waals surface area contributed by atoms with Crippen molar-refractivity contribution in [2.75, 3.05) is 6.54 Å². The van der Waals surface area contributed by atoms with E-state index in [1.54, 1.807) is 0 Å². The fraction of sp³-hybridized carbons (Fsp3) is 0.600. The van der Waals surface area contributed by atoms with Crippen molar-refractivity contribution in [3.8, 4) is 0 Å². The van der Waals surface area contributed by atoms with Crippen LogP contribution in [0.1, 0.15) is 49.3 Å². The molecule has 0 atom stereocenters. The third-order valence-corrected chi connectivity index (χ3v) is 3.03. The van der Waals surface area contributed by atoms with Gasteiger partial charge in [-0.25, -0.2) is 0 Å². The van der Waals surface area contributed by atoms with Crippen LogP contribution in [0.2, 0.25) is 0 Å². The lowest BCUT2D eigenvalue weighted by atomic mass is 10.1. The van der Waals surface area contributed by atoms with Gasteiger partial charge in [0.05, 0.1) is 0 Å². The number of aryl methyl sites for hydroxylation is 2. The molecule has 0 radical (unpaired) electrons. The minimum absolute atomic E-state index is 1.01. The largest absolute Gasteiger partial charge is 0.313 e. The van der Waals surface area contributed by atoms with Crippen molar-refractivity contribution >= 4 is 0 Å². The number of hydrogen-bond donors (Lipinski definition) is 1. The van der Waals surface area contributed by atoms with Gasteiger partial charge in [0, 0.05) is 6.54 Å². The van der Waals surface area contributed by atoms with E-state index in [1.807, 2.05) is 0 Å². The highest BCUT2D eigenvalue weighted by atomic mass is 14.8. The van der Waals surface area contributed by atoms with Crippen LogP contribution in [-0.4, -0.2) is 6.54 Å². The summed E-state index contributed by atoms with van der Waals surface area (Å²) < 4.78 is 0. The Hall–Kier alpha value is -0.820. The second-order valence-corrected chi connectivity index (χ2v) is 4.67. The Morgan fingerprint density at radius 3 is 2.62 bits per heavy atom. The molecule has 1 aromatic carbocycles. The fourth-order valence-electron chi connectivity index (χ4n) is 1.89. The SMILES string of the molecule is CCCCCCNCc1cc(C)ccc1C. The Morgan fingerprint density at radius 1 is 1.06 bits per heavy atom. The Morgan fingerprint density at radius 2 is 1.88 bits per heavy atom. The minimum atomic E-state index is 1.01. The van der Waals surface area contributed by atoms with E-state index in [4.69, 9.17) is 0 Å². The van der Waals surface area contributed by atoms with Gasteiger partial charge in [-0.05, 0) is 37.9 Å². The average molecular weight is 219 g/mol. The van der Waals surface area contributed by atoms with Crippen LogP contribution in [0.15, 0.2) is 18.2 Å². The molecule has 90 valence electrons. The maximum absolute atomic E-state index is 3.53. The third kappa shape index (κ3) is 4.80. The summed E-state index contributed by atoms with van der Waals surface area (Å²) in [7, 11) is 0. The van der Waals surface area contributed by atoms with E-state index >= 15 is 0 Å². The summed E-state index contributed by atoms with van der Waals surface area (Å²) in [6, 6.07) is 6.68. The highest BCUT2D eigenvalue weighted by Crippen LogP contribution is 2.10. The lowest BCUT2D eigenvalue weighted by Gasteiger charge is -2.08. The molecule has 0 spiro atoms. The molecule has 0 aliphatic rings. The standard InChI is InChI=1S/C15H25N/c1-4-5-6-7-10-16-12-15-11-13(2)8-9-14(15)3/h8-9,11,16H,4-7,10,12H2,1-3H3. The van der Waals surface area contributed by atoms with Gasteiger partial charge >= 0.3 is 0 Å². The molecular formula is C15H25N. The van der Waals surface area contributed by atoms with Gasteiger partial charge in [0.25, 0.3) is 0 Å². The summed E-state index contributed by atoms with van der Waals surface area (Å²) in [5.41, 5.74) is 4.19. The first kappa shape index (κ1) is 13.2. The molecule has 16 heavy (non-hydrogen) atoms. The van der Waals surface area contributed by atoms with E-state index in [-0.39, 0.29) is 0 Å². The Labute approximate surface area is 100 Å². The van der Waals surface area contributed by atoms with E-state index in [9.17, 15) is 0 Å². The molecule has 0 saturated carbocycles. The lowest BCUT2D eigenvalue weighted by molar-refractivity contribution is 0.597. The van der Waals surface area contributed by atoms with Crippen LogP contribution in [0.5, 0.6) is 0 Å². The van der Waals surface area contributed by atoms with E-state index in [2.05, 4.69) is 44.3 Å². The van der Waals surface area contributed by atoms with Gasteiger partial charge in [-0.15, -0.1) is 0 Å². The summed E-state index contributed by atoms with van der Waals surface area (Å²) >= 11 is 0. The van der Waals surface area contributed by atoms with Gasteiger partial charge in [-0.3, -0.25) is 0 Å². The topological polar surface area (TPSA) is 12.0 Å². The fourth-order valence-corrected chi connectivity index (χ4v) is 1.89. The van der Waals surface area contributed by atoms with Gasteiger partial charge in [-0.2, -0.15) is 0 Å². The molecule has 1 heteroatoms. The maximum Gasteiger partial charge on any atom is 0.0208 e. The summed E-state index contributed by atoms with van der Waals surface area (Å²) in [4.78, 5) is 0. The normalized spacial score (nSPS) is 10.7. The molecular weight excluding hydrogens is 194 g/mol. The smallest absolute Gasteiger partial charge is 0.0208 e. The van der Waals surface area contributed by atoms with Gasteiger partial charge in [0.15, 0.2) is 0 Å². The number of benzene rings is 1. The van der Waals surface area contributed by atoms with E-state index in [0.29, 0.717) is 0 Å². The Kier molecular flexibility index (Phi) is 6.17. The molecule has 1 N–H and O–H groups in total. The van der Waals surface area contributed by atoms with E-state index < -0.39 is 0 Å². The second kappa shape index (κ2) is 7.45. The summed E-state index contributed by atoms with van der Waals surface area (Å²) in [5, 5.41) is 3.53. The molecule has 0 aliphatic heterocycles. The molecule has 0 aliphatic carbocycles. The Bertz CT molecular complexity index is 304. The first-order valence-electron chi connectivity index (χ1n) is 6.51. The minimum Gasteiger partial charge on any atom is -0.313 e. The molecule has 1 nitrogen and oxygen atoms in total. The first-order chi connectivity index (χ1) is 7.74.